The molecule has 0 amide bonds. The maximum atomic E-state index is 14.3. The lowest BCUT2D eigenvalue weighted by Crippen LogP contribution is -2.03. The molecule has 5 rings (SSSR count). The first kappa shape index (κ1) is 19.0. The van der Waals surface area contributed by atoms with E-state index in [1.165, 1.54) is 23.7 Å². The lowest BCUT2D eigenvalue weighted by molar-refractivity contribution is 0.579. The zero-order chi connectivity index (χ0) is 20.8. The molecule has 0 bridgehead atoms. The summed E-state index contributed by atoms with van der Waals surface area (Å²) < 4.78 is 17.0. The molecule has 0 saturated carbocycles. The molecule has 0 fully saturated rings. The SMILES string of the molecule is Nc1nc2cc(CCC3=CC(n4cc(F)c5c(N)ncnc54)CC3)ccc2cc1Br. The highest BCUT2D eigenvalue weighted by Crippen LogP contribution is 2.35. The number of rotatable bonds is 4. The fourth-order valence-electron chi connectivity index (χ4n) is 4.18. The van der Waals surface area contributed by atoms with Gasteiger partial charge in [0.25, 0.3) is 0 Å². The van der Waals surface area contributed by atoms with Crippen molar-refractivity contribution in [3.05, 3.63) is 64.3 Å². The van der Waals surface area contributed by atoms with Gasteiger partial charge in [0.05, 0.1) is 21.4 Å². The van der Waals surface area contributed by atoms with Crippen molar-refractivity contribution in [1.29, 1.82) is 0 Å². The second kappa shape index (κ2) is 7.36. The van der Waals surface area contributed by atoms with Crippen molar-refractivity contribution in [3.63, 3.8) is 0 Å². The number of anilines is 2. The fourth-order valence-corrected chi connectivity index (χ4v) is 4.51. The number of aromatic nitrogens is 4. The number of allylic oxidation sites excluding steroid dienone is 2. The van der Waals surface area contributed by atoms with Crippen molar-refractivity contribution < 1.29 is 4.39 Å². The molecule has 0 spiro atoms. The molecule has 6 nitrogen and oxygen atoms in total. The van der Waals surface area contributed by atoms with Crippen LogP contribution in [0.1, 0.15) is 30.9 Å². The summed E-state index contributed by atoms with van der Waals surface area (Å²) in [4.78, 5) is 12.6. The van der Waals surface area contributed by atoms with Gasteiger partial charge in [-0.2, -0.15) is 0 Å². The molecule has 1 atom stereocenters. The summed E-state index contributed by atoms with van der Waals surface area (Å²) in [5.74, 6) is 0.298. The third kappa shape index (κ3) is 3.31. The Balaban J connectivity index is 1.35. The number of fused-ring (bicyclic) bond motifs is 2. The maximum absolute atomic E-state index is 14.3. The maximum Gasteiger partial charge on any atom is 0.154 e. The number of nitrogens with two attached hydrogens (primary N) is 2. The van der Waals surface area contributed by atoms with Crippen LogP contribution in [0.25, 0.3) is 21.9 Å². The Morgan fingerprint density at radius 1 is 1.13 bits per heavy atom. The predicted octanol–water partition coefficient (Wildman–Crippen LogP) is 4.94. The van der Waals surface area contributed by atoms with Crippen molar-refractivity contribution in [2.75, 3.05) is 11.5 Å². The second-order valence-electron chi connectivity index (χ2n) is 7.66. The molecule has 1 aliphatic rings. The Kier molecular flexibility index (Phi) is 4.66. The number of nitrogen functional groups attached to an aromatic ring is 2. The minimum absolute atomic E-state index is 0.0803. The van der Waals surface area contributed by atoms with Crippen molar-refractivity contribution in [2.45, 2.75) is 31.7 Å². The van der Waals surface area contributed by atoms with E-state index >= 15 is 0 Å². The van der Waals surface area contributed by atoms with Gasteiger partial charge in [0.1, 0.15) is 23.6 Å². The van der Waals surface area contributed by atoms with Crippen LogP contribution in [0.3, 0.4) is 0 Å². The summed E-state index contributed by atoms with van der Waals surface area (Å²) in [5.41, 5.74) is 15.8. The van der Waals surface area contributed by atoms with Crippen LogP contribution in [0.15, 0.2) is 52.9 Å². The molecule has 30 heavy (non-hydrogen) atoms. The average molecular weight is 467 g/mol. The summed E-state index contributed by atoms with van der Waals surface area (Å²) in [5, 5.41) is 1.36. The van der Waals surface area contributed by atoms with E-state index in [4.69, 9.17) is 11.5 Å². The van der Waals surface area contributed by atoms with Crippen LogP contribution in [0.4, 0.5) is 16.0 Å². The zero-order valence-electron chi connectivity index (χ0n) is 16.1. The molecule has 3 heterocycles. The highest BCUT2D eigenvalue weighted by atomic mass is 79.9. The van der Waals surface area contributed by atoms with Crippen molar-refractivity contribution in [3.8, 4) is 0 Å². The number of halogens is 2. The molecule has 0 saturated heterocycles. The van der Waals surface area contributed by atoms with E-state index in [0.717, 1.165) is 41.1 Å². The second-order valence-corrected chi connectivity index (χ2v) is 8.51. The molecular formula is C22H20BrFN6. The lowest BCUT2D eigenvalue weighted by Gasteiger charge is -2.10. The van der Waals surface area contributed by atoms with Crippen LogP contribution in [0.2, 0.25) is 0 Å². The topological polar surface area (TPSA) is 95.6 Å². The van der Waals surface area contributed by atoms with Gasteiger partial charge in [-0.15, -0.1) is 0 Å². The fraction of sp³-hybridized carbons (Fsp3) is 0.227. The molecule has 152 valence electrons. The summed E-state index contributed by atoms with van der Waals surface area (Å²) >= 11 is 3.42. The van der Waals surface area contributed by atoms with E-state index in [1.807, 2.05) is 10.6 Å². The van der Waals surface area contributed by atoms with Gasteiger partial charge in [0, 0.05) is 11.6 Å². The highest BCUT2D eigenvalue weighted by molar-refractivity contribution is 9.10. The van der Waals surface area contributed by atoms with Crippen LogP contribution in [-0.4, -0.2) is 19.5 Å². The number of aryl methyl sites for hydroxylation is 1. The van der Waals surface area contributed by atoms with E-state index in [-0.39, 0.29) is 17.7 Å². The normalized spacial score (nSPS) is 16.5. The number of nitrogens with zero attached hydrogens (tertiary/aromatic N) is 4. The number of benzene rings is 1. The molecular weight excluding hydrogens is 447 g/mol. The van der Waals surface area contributed by atoms with Crippen molar-refractivity contribution in [1.82, 2.24) is 19.5 Å². The van der Waals surface area contributed by atoms with Crippen molar-refractivity contribution in [2.24, 2.45) is 0 Å². The Labute approximate surface area is 181 Å². The molecule has 0 radical (unpaired) electrons. The van der Waals surface area contributed by atoms with Crippen LogP contribution in [-0.2, 0) is 6.42 Å². The van der Waals surface area contributed by atoms with Gasteiger partial charge < -0.3 is 16.0 Å². The van der Waals surface area contributed by atoms with Crippen LogP contribution >= 0.6 is 15.9 Å². The van der Waals surface area contributed by atoms with Crippen LogP contribution in [0, 0.1) is 5.82 Å². The first-order valence-corrected chi connectivity index (χ1v) is 10.6. The number of hydrogen-bond donors (Lipinski definition) is 2. The molecule has 4 N–H and O–H groups in total. The first-order valence-electron chi connectivity index (χ1n) is 9.80. The van der Waals surface area contributed by atoms with Gasteiger partial charge in [0.15, 0.2) is 5.82 Å². The molecule has 8 heteroatoms. The van der Waals surface area contributed by atoms with Gasteiger partial charge in [-0.1, -0.05) is 23.8 Å². The van der Waals surface area contributed by atoms with E-state index in [1.54, 1.807) is 0 Å². The Hall–Kier alpha value is -3.00. The van der Waals surface area contributed by atoms with Gasteiger partial charge in [-0.05, 0) is 59.3 Å². The smallest absolute Gasteiger partial charge is 0.154 e. The Morgan fingerprint density at radius 3 is 2.87 bits per heavy atom. The monoisotopic (exact) mass is 466 g/mol. The predicted molar refractivity (Wildman–Crippen MR) is 120 cm³/mol. The Morgan fingerprint density at radius 2 is 2.00 bits per heavy atom. The van der Waals surface area contributed by atoms with Gasteiger partial charge >= 0.3 is 0 Å². The van der Waals surface area contributed by atoms with Crippen LogP contribution in [0.5, 0.6) is 0 Å². The molecule has 1 aromatic carbocycles. The summed E-state index contributed by atoms with van der Waals surface area (Å²) in [6.07, 6.45) is 8.87. The van der Waals surface area contributed by atoms with Crippen molar-refractivity contribution >= 4 is 49.5 Å². The van der Waals surface area contributed by atoms with Gasteiger partial charge in [0.2, 0.25) is 0 Å². The quantitative estimate of drug-likeness (QED) is 0.415. The van der Waals surface area contributed by atoms with Crippen LogP contribution < -0.4 is 11.5 Å². The molecule has 3 aromatic heterocycles. The summed E-state index contributed by atoms with van der Waals surface area (Å²) in [6, 6.07) is 8.37. The van der Waals surface area contributed by atoms with E-state index in [2.05, 4.69) is 55.2 Å². The van der Waals surface area contributed by atoms with E-state index in [9.17, 15) is 4.39 Å². The average Bonchev–Trinajstić information content (AvgIpc) is 3.32. The molecule has 1 aliphatic carbocycles. The minimum atomic E-state index is -0.375. The largest absolute Gasteiger partial charge is 0.383 e. The standard InChI is InChI=1S/C22H20BrFN6/c23-16-9-14-5-3-13(8-18(14)29-20(16)25)2-1-12-4-6-15(7-12)30-10-17(24)19-21(26)27-11-28-22(19)30/h3,5,7-11,15H,1-2,4,6H2,(H2,25,29)(H2,26,27,28). The third-order valence-corrected chi connectivity index (χ3v) is 6.37. The first-order chi connectivity index (χ1) is 14.5. The third-order valence-electron chi connectivity index (χ3n) is 5.74. The van der Waals surface area contributed by atoms with E-state index < -0.39 is 0 Å². The highest BCUT2D eigenvalue weighted by Gasteiger charge is 2.22. The lowest BCUT2D eigenvalue weighted by atomic mass is 10.0. The zero-order valence-corrected chi connectivity index (χ0v) is 17.7. The summed E-state index contributed by atoms with van der Waals surface area (Å²) in [6.45, 7) is 0. The number of hydrogen-bond acceptors (Lipinski definition) is 5. The van der Waals surface area contributed by atoms with Gasteiger partial charge in [-0.3, -0.25) is 0 Å². The molecule has 4 aromatic rings. The molecule has 0 aliphatic heterocycles. The van der Waals surface area contributed by atoms with Gasteiger partial charge in [-0.25, -0.2) is 19.3 Å². The Bertz CT molecular complexity index is 1310. The minimum Gasteiger partial charge on any atom is -0.383 e. The summed E-state index contributed by atoms with van der Waals surface area (Å²) in [7, 11) is 0. The molecule has 1 unspecified atom stereocenters. The number of pyridine rings is 1. The van der Waals surface area contributed by atoms with E-state index in [0.29, 0.717) is 16.9 Å².